The highest BCUT2D eigenvalue weighted by Gasteiger charge is 2.36. The van der Waals surface area contributed by atoms with E-state index in [-0.39, 0.29) is 17.6 Å². The number of nitrogens with one attached hydrogen (secondary N) is 1. The third kappa shape index (κ3) is 6.91. The van der Waals surface area contributed by atoms with Crippen LogP contribution in [0.25, 0.3) is 6.08 Å². The predicted molar refractivity (Wildman–Crippen MR) is 121 cm³/mol. The van der Waals surface area contributed by atoms with Gasteiger partial charge in [-0.15, -0.1) is 0 Å². The monoisotopic (exact) mass is 472 g/mol. The van der Waals surface area contributed by atoms with Crippen LogP contribution in [-0.2, 0) is 19.1 Å². The molecule has 0 radical (unpaired) electrons. The molecule has 1 fully saturated rings. The summed E-state index contributed by atoms with van der Waals surface area (Å²) in [6.45, 7) is 2.67. The molecule has 2 aromatic carbocycles. The van der Waals surface area contributed by atoms with Crippen molar-refractivity contribution >= 4 is 46.5 Å². The van der Waals surface area contributed by atoms with Crippen LogP contribution in [0.15, 0.2) is 53.4 Å². The third-order valence-electron chi connectivity index (χ3n) is 4.20. The van der Waals surface area contributed by atoms with E-state index in [4.69, 9.17) is 9.47 Å². The predicted octanol–water partition coefficient (Wildman–Crippen LogP) is 3.83. The smallest absolute Gasteiger partial charge is 0.326 e. The van der Waals surface area contributed by atoms with Crippen molar-refractivity contribution in [3.63, 3.8) is 0 Å². The van der Waals surface area contributed by atoms with Crippen molar-refractivity contribution in [2.45, 2.75) is 20.0 Å². The Labute approximate surface area is 193 Å². The van der Waals surface area contributed by atoms with Gasteiger partial charge in [0.15, 0.2) is 6.61 Å². The Morgan fingerprint density at radius 3 is 2.39 bits per heavy atom. The summed E-state index contributed by atoms with van der Waals surface area (Å²) in [5, 5.41) is 2.04. The molecule has 10 heteroatoms. The van der Waals surface area contributed by atoms with Gasteiger partial charge >= 0.3 is 5.97 Å². The molecule has 33 heavy (non-hydrogen) atoms. The van der Waals surface area contributed by atoms with Gasteiger partial charge in [0.25, 0.3) is 17.1 Å². The number of thioether (sulfide) groups is 1. The van der Waals surface area contributed by atoms with Crippen molar-refractivity contribution in [2.75, 3.05) is 18.5 Å². The molecule has 0 saturated carbocycles. The van der Waals surface area contributed by atoms with Gasteiger partial charge in [-0.3, -0.25) is 24.1 Å². The maximum absolute atomic E-state index is 12.9. The summed E-state index contributed by atoms with van der Waals surface area (Å²) < 4.78 is 23.3. The number of halogens is 1. The average molecular weight is 472 g/mol. The number of ether oxygens (including phenoxy) is 2. The van der Waals surface area contributed by atoms with Crippen LogP contribution >= 0.6 is 11.8 Å². The van der Waals surface area contributed by atoms with Crippen molar-refractivity contribution < 1.29 is 33.0 Å². The van der Waals surface area contributed by atoms with Crippen LogP contribution in [-0.4, -0.2) is 47.2 Å². The van der Waals surface area contributed by atoms with Gasteiger partial charge in [0.1, 0.15) is 18.1 Å². The molecule has 1 aliphatic heterocycles. The van der Waals surface area contributed by atoms with E-state index < -0.39 is 35.4 Å². The number of carbonyl (C=O) groups is 4. The van der Waals surface area contributed by atoms with Gasteiger partial charge in [0.2, 0.25) is 0 Å². The van der Waals surface area contributed by atoms with Crippen LogP contribution < -0.4 is 10.1 Å². The Kier molecular flexibility index (Phi) is 7.83. The van der Waals surface area contributed by atoms with Crippen molar-refractivity contribution in [1.82, 2.24) is 4.90 Å². The molecule has 1 heterocycles. The first-order chi connectivity index (χ1) is 15.7. The van der Waals surface area contributed by atoms with Gasteiger partial charge in [0.05, 0.1) is 11.0 Å². The Hall–Kier alpha value is -3.66. The molecule has 1 N–H and O–H groups in total. The summed E-state index contributed by atoms with van der Waals surface area (Å²) in [6, 6.07) is 11.9. The maximum Gasteiger partial charge on any atom is 0.326 e. The fraction of sp³-hybridized carbons (Fsp3) is 0.217. The fourth-order valence-corrected chi connectivity index (χ4v) is 3.59. The van der Waals surface area contributed by atoms with Gasteiger partial charge < -0.3 is 14.8 Å². The first kappa shape index (κ1) is 24.0. The third-order valence-corrected chi connectivity index (χ3v) is 5.11. The van der Waals surface area contributed by atoms with Crippen LogP contribution in [0.1, 0.15) is 19.4 Å². The first-order valence-electron chi connectivity index (χ1n) is 9.94. The lowest BCUT2D eigenvalue weighted by molar-refractivity contribution is -0.149. The molecule has 0 aromatic heterocycles. The molecule has 0 unspecified atom stereocenters. The number of anilines is 1. The molecule has 0 aliphatic carbocycles. The SMILES string of the molecule is CC(C)OC(=O)CN1C(=O)S/C(=C/c2ccc(OCC(=O)Nc3ccc(F)cc3)cc2)C1=O. The van der Waals surface area contributed by atoms with E-state index in [2.05, 4.69) is 5.32 Å². The molecule has 0 spiro atoms. The summed E-state index contributed by atoms with van der Waals surface area (Å²) >= 11 is 0.741. The number of hydrogen-bond acceptors (Lipinski definition) is 7. The lowest BCUT2D eigenvalue weighted by atomic mass is 10.2. The molecule has 1 aliphatic rings. The highest BCUT2D eigenvalue weighted by Crippen LogP contribution is 2.32. The largest absolute Gasteiger partial charge is 0.484 e. The second-order valence-corrected chi connectivity index (χ2v) is 8.21. The van der Waals surface area contributed by atoms with Gasteiger partial charge in [-0.2, -0.15) is 0 Å². The fourth-order valence-electron chi connectivity index (χ4n) is 2.76. The number of carbonyl (C=O) groups excluding carboxylic acids is 4. The Morgan fingerprint density at radius 2 is 1.76 bits per heavy atom. The molecule has 0 atom stereocenters. The number of rotatable bonds is 8. The van der Waals surface area contributed by atoms with Crippen molar-refractivity contribution in [1.29, 1.82) is 0 Å². The van der Waals surface area contributed by atoms with Gasteiger partial charge in [0, 0.05) is 5.69 Å². The zero-order valence-corrected chi connectivity index (χ0v) is 18.7. The summed E-state index contributed by atoms with van der Waals surface area (Å²) in [4.78, 5) is 49.3. The number of esters is 1. The lowest BCUT2D eigenvalue weighted by Gasteiger charge is -2.13. The van der Waals surface area contributed by atoms with Gasteiger partial charge in [-0.25, -0.2) is 4.39 Å². The minimum absolute atomic E-state index is 0.185. The molecule has 8 nitrogen and oxygen atoms in total. The summed E-state index contributed by atoms with van der Waals surface area (Å²) in [7, 11) is 0. The Bertz CT molecular complexity index is 1080. The summed E-state index contributed by atoms with van der Waals surface area (Å²) in [6.07, 6.45) is 1.19. The number of benzene rings is 2. The van der Waals surface area contributed by atoms with Gasteiger partial charge in [-0.1, -0.05) is 12.1 Å². The topological polar surface area (TPSA) is 102 Å². The minimum atomic E-state index is -0.654. The zero-order chi connectivity index (χ0) is 24.0. The average Bonchev–Trinajstić information content (AvgIpc) is 3.01. The standard InChI is InChI=1S/C23H21FN2O6S/c1-14(2)32-21(28)12-26-22(29)19(33-23(26)30)11-15-3-9-18(10-4-15)31-13-20(27)25-17-7-5-16(24)6-8-17/h3-11,14H,12-13H2,1-2H3,(H,25,27)/b19-11+. The second kappa shape index (κ2) is 10.8. The van der Waals surface area contributed by atoms with Crippen LogP contribution in [0.5, 0.6) is 5.75 Å². The highest BCUT2D eigenvalue weighted by atomic mass is 32.2. The van der Waals surface area contributed by atoms with E-state index in [9.17, 15) is 23.6 Å². The van der Waals surface area contributed by atoms with Crippen LogP contribution in [0.3, 0.4) is 0 Å². The molecule has 3 amide bonds. The van der Waals surface area contributed by atoms with Crippen molar-refractivity contribution in [3.05, 3.63) is 64.8 Å². The van der Waals surface area contributed by atoms with Crippen molar-refractivity contribution in [2.24, 2.45) is 0 Å². The molecule has 2 aromatic rings. The molecule has 0 bridgehead atoms. The summed E-state index contributed by atoms with van der Waals surface area (Å²) in [5.41, 5.74) is 1.08. The molecule has 172 valence electrons. The first-order valence-corrected chi connectivity index (χ1v) is 10.8. The van der Waals surface area contributed by atoms with Crippen LogP contribution in [0.4, 0.5) is 14.9 Å². The number of amides is 3. The van der Waals surface area contributed by atoms with E-state index in [1.165, 1.54) is 30.3 Å². The highest BCUT2D eigenvalue weighted by molar-refractivity contribution is 8.18. The Balaban J connectivity index is 1.54. The van der Waals surface area contributed by atoms with E-state index in [0.717, 1.165) is 16.7 Å². The normalized spacial score (nSPS) is 14.7. The van der Waals surface area contributed by atoms with E-state index in [1.54, 1.807) is 38.1 Å². The molecule has 1 saturated heterocycles. The molecular weight excluding hydrogens is 451 g/mol. The van der Waals surface area contributed by atoms with E-state index >= 15 is 0 Å². The zero-order valence-electron chi connectivity index (χ0n) is 17.9. The maximum atomic E-state index is 12.9. The van der Waals surface area contributed by atoms with E-state index in [0.29, 0.717) is 17.0 Å². The number of imide groups is 1. The van der Waals surface area contributed by atoms with Crippen molar-refractivity contribution in [3.8, 4) is 5.75 Å². The minimum Gasteiger partial charge on any atom is -0.484 e. The second-order valence-electron chi connectivity index (χ2n) is 7.22. The Morgan fingerprint density at radius 1 is 1.09 bits per heavy atom. The van der Waals surface area contributed by atoms with E-state index in [1.807, 2.05) is 0 Å². The quantitative estimate of drug-likeness (QED) is 0.460. The van der Waals surface area contributed by atoms with Crippen LogP contribution in [0, 0.1) is 5.82 Å². The van der Waals surface area contributed by atoms with Crippen LogP contribution in [0.2, 0.25) is 0 Å². The lowest BCUT2D eigenvalue weighted by Crippen LogP contribution is -2.35. The molecule has 3 rings (SSSR count). The number of nitrogens with zero attached hydrogens (tertiary/aromatic N) is 1. The number of hydrogen-bond donors (Lipinski definition) is 1. The molecular formula is C23H21FN2O6S. The van der Waals surface area contributed by atoms with Gasteiger partial charge in [-0.05, 0) is 73.6 Å². The summed E-state index contributed by atoms with van der Waals surface area (Å²) in [5.74, 6) is -1.61.